The molecule has 0 aliphatic carbocycles. The highest BCUT2D eigenvalue weighted by atomic mass is 19.1. The lowest BCUT2D eigenvalue weighted by Gasteiger charge is -2.36. The normalized spacial score (nSPS) is 14.8. The van der Waals surface area contributed by atoms with Gasteiger partial charge in [-0.3, -0.25) is 4.90 Å². The van der Waals surface area contributed by atoms with Crippen molar-refractivity contribution in [3.63, 3.8) is 0 Å². The van der Waals surface area contributed by atoms with E-state index in [0.717, 1.165) is 56.8 Å². The van der Waals surface area contributed by atoms with Crippen molar-refractivity contribution in [1.82, 2.24) is 20.0 Å². The first-order valence-corrected chi connectivity index (χ1v) is 12.0. The van der Waals surface area contributed by atoms with Gasteiger partial charge < -0.3 is 15.1 Å². The van der Waals surface area contributed by atoms with E-state index in [-0.39, 0.29) is 17.7 Å². The van der Waals surface area contributed by atoms with Crippen LogP contribution in [0.2, 0.25) is 0 Å². The molecule has 1 aliphatic heterocycles. The first kappa shape index (κ1) is 25.1. The Labute approximate surface area is 196 Å². The molecule has 0 aromatic heterocycles. The van der Waals surface area contributed by atoms with Gasteiger partial charge in [0.25, 0.3) is 0 Å². The maximum absolute atomic E-state index is 13.4. The molecule has 180 valence electrons. The highest BCUT2D eigenvalue weighted by molar-refractivity contribution is 5.75. The molecule has 0 bridgehead atoms. The number of urea groups is 1. The van der Waals surface area contributed by atoms with Crippen molar-refractivity contribution < 1.29 is 13.6 Å². The van der Waals surface area contributed by atoms with Gasteiger partial charge in [-0.1, -0.05) is 38.1 Å². The number of hydrogen-bond donors (Lipinski definition) is 1. The number of halogens is 2. The summed E-state index contributed by atoms with van der Waals surface area (Å²) in [5, 5.41) is 3.07. The number of carbonyl (C=O) groups is 1. The summed E-state index contributed by atoms with van der Waals surface area (Å²) >= 11 is 0. The van der Waals surface area contributed by atoms with Crippen LogP contribution in [0.4, 0.5) is 13.6 Å². The molecule has 5 nitrogen and oxygen atoms in total. The summed E-state index contributed by atoms with van der Waals surface area (Å²) in [4.78, 5) is 19.8. The monoisotopic (exact) mass is 458 g/mol. The summed E-state index contributed by atoms with van der Waals surface area (Å²) in [6.45, 7) is 11.8. The van der Waals surface area contributed by atoms with Crippen LogP contribution in [-0.2, 0) is 0 Å². The average molecular weight is 459 g/mol. The Kier molecular flexibility index (Phi) is 9.63. The summed E-state index contributed by atoms with van der Waals surface area (Å²) in [5.74, 6) is -0.674. The van der Waals surface area contributed by atoms with E-state index in [0.29, 0.717) is 13.1 Å². The van der Waals surface area contributed by atoms with Crippen molar-refractivity contribution in [2.45, 2.75) is 32.7 Å². The number of rotatable bonds is 10. The Hall–Kier alpha value is -2.51. The van der Waals surface area contributed by atoms with E-state index >= 15 is 0 Å². The number of carbonyl (C=O) groups excluding carboxylic acids is 1. The number of piperazine rings is 1. The molecule has 1 aliphatic rings. The Morgan fingerprint density at radius 3 is 1.94 bits per heavy atom. The van der Waals surface area contributed by atoms with Gasteiger partial charge in [0.2, 0.25) is 0 Å². The van der Waals surface area contributed by atoms with Crippen LogP contribution in [-0.4, -0.2) is 73.1 Å². The van der Waals surface area contributed by atoms with Crippen molar-refractivity contribution in [1.29, 1.82) is 0 Å². The van der Waals surface area contributed by atoms with Crippen molar-refractivity contribution in [3.05, 3.63) is 71.3 Å². The lowest BCUT2D eigenvalue weighted by molar-refractivity contribution is 0.133. The zero-order valence-electron chi connectivity index (χ0n) is 19.8. The van der Waals surface area contributed by atoms with Crippen LogP contribution >= 0.6 is 0 Å². The van der Waals surface area contributed by atoms with E-state index in [2.05, 4.69) is 29.0 Å². The van der Waals surface area contributed by atoms with E-state index in [1.54, 1.807) is 24.3 Å². The molecule has 7 heteroatoms. The Bertz CT molecular complexity index is 806. The zero-order chi connectivity index (χ0) is 23.6. The van der Waals surface area contributed by atoms with Gasteiger partial charge in [0.15, 0.2) is 0 Å². The number of benzene rings is 2. The summed E-state index contributed by atoms with van der Waals surface area (Å²) in [6.07, 6.45) is 2.32. The topological polar surface area (TPSA) is 38.8 Å². The highest BCUT2D eigenvalue weighted by Gasteiger charge is 2.24. The van der Waals surface area contributed by atoms with Gasteiger partial charge in [-0.15, -0.1) is 0 Å². The van der Waals surface area contributed by atoms with Crippen LogP contribution in [0.3, 0.4) is 0 Å². The summed E-state index contributed by atoms with van der Waals surface area (Å²) in [5.41, 5.74) is 1.50. The van der Waals surface area contributed by atoms with E-state index in [1.165, 1.54) is 30.7 Å². The smallest absolute Gasteiger partial charge is 0.318 e. The van der Waals surface area contributed by atoms with Gasteiger partial charge in [0.1, 0.15) is 11.6 Å². The Balaban J connectivity index is 1.55. The number of nitrogens with zero attached hydrogens (tertiary/aromatic N) is 3. The molecule has 1 fully saturated rings. The molecule has 1 N–H and O–H groups in total. The van der Waals surface area contributed by atoms with Crippen molar-refractivity contribution in [2.24, 2.45) is 0 Å². The molecule has 3 rings (SSSR count). The number of nitrogens with one attached hydrogen (secondary N) is 1. The molecular formula is C26H36F2N4O. The van der Waals surface area contributed by atoms with Crippen LogP contribution in [0, 0.1) is 11.6 Å². The highest BCUT2D eigenvalue weighted by Crippen LogP contribution is 2.23. The Morgan fingerprint density at radius 2 is 1.45 bits per heavy atom. The zero-order valence-corrected chi connectivity index (χ0v) is 19.8. The SMILES string of the molecule is CCCN(CC)CCCN1CCN(C(=O)NC(c2ccc(F)cc2)c2ccc(F)cc2)CC1. The first-order chi connectivity index (χ1) is 16.0. The molecular weight excluding hydrogens is 422 g/mol. The predicted octanol–water partition coefficient (Wildman–Crippen LogP) is 4.50. The largest absolute Gasteiger partial charge is 0.327 e. The summed E-state index contributed by atoms with van der Waals surface area (Å²) < 4.78 is 26.9. The fourth-order valence-corrected chi connectivity index (χ4v) is 4.32. The maximum atomic E-state index is 13.4. The molecule has 1 saturated heterocycles. The van der Waals surface area contributed by atoms with Gasteiger partial charge in [0, 0.05) is 26.2 Å². The van der Waals surface area contributed by atoms with Crippen molar-refractivity contribution in [2.75, 3.05) is 52.4 Å². The second-order valence-corrected chi connectivity index (χ2v) is 8.60. The number of amides is 2. The lowest BCUT2D eigenvalue weighted by atomic mass is 9.98. The molecule has 0 radical (unpaired) electrons. The standard InChI is InChI=1S/C26H36F2N4O/c1-3-14-30(4-2)15-5-16-31-17-19-32(20-18-31)26(33)29-25(21-6-10-23(27)11-7-21)22-8-12-24(28)13-9-22/h6-13,25H,3-5,14-20H2,1-2H3,(H,29,33). The molecule has 0 spiro atoms. The average Bonchev–Trinajstić information content (AvgIpc) is 2.83. The van der Waals surface area contributed by atoms with Gasteiger partial charge >= 0.3 is 6.03 Å². The minimum atomic E-state index is -0.477. The molecule has 0 atom stereocenters. The molecule has 0 saturated carbocycles. The van der Waals surface area contributed by atoms with Crippen molar-refractivity contribution in [3.8, 4) is 0 Å². The Morgan fingerprint density at radius 1 is 0.909 bits per heavy atom. The third kappa shape index (κ3) is 7.51. The first-order valence-electron chi connectivity index (χ1n) is 12.0. The second-order valence-electron chi connectivity index (χ2n) is 8.60. The van der Waals surface area contributed by atoms with E-state index in [4.69, 9.17) is 0 Å². The molecule has 2 aromatic carbocycles. The van der Waals surface area contributed by atoms with E-state index in [9.17, 15) is 13.6 Å². The van der Waals surface area contributed by atoms with Crippen LogP contribution in [0.25, 0.3) is 0 Å². The minimum absolute atomic E-state index is 0.159. The van der Waals surface area contributed by atoms with Gasteiger partial charge in [0.05, 0.1) is 6.04 Å². The minimum Gasteiger partial charge on any atom is -0.327 e. The molecule has 1 heterocycles. The molecule has 0 unspecified atom stereocenters. The van der Waals surface area contributed by atoms with Gasteiger partial charge in [-0.05, 0) is 74.4 Å². The molecule has 33 heavy (non-hydrogen) atoms. The predicted molar refractivity (Wildman–Crippen MR) is 128 cm³/mol. The fraction of sp³-hybridized carbons (Fsp3) is 0.500. The number of hydrogen-bond acceptors (Lipinski definition) is 3. The second kappa shape index (κ2) is 12.7. The van der Waals surface area contributed by atoms with Crippen LogP contribution in [0.15, 0.2) is 48.5 Å². The molecule has 2 aromatic rings. The summed E-state index contributed by atoms with van der Waals surface area (Å²) in [7, 11) is 0. The quantitative estimate of drug-likeness (QED) is 0.570. The van der Waals surface area contributed by atoms with Gasteiger partial charge in [-0.25, -0.2) is 13.6 Å². The maximum Gasteiger partial charge on any atom is 0.318 e. The molecule has 2 amide bonds. The van der Waals surface area contributed by atoms with E-state index in [1.807, 2.05) is 4.90 Å². The van der Waals surface area contributed by atoms with Crippen LogP contribution in [0.1, 0.15) is 43.9 Å². The third-order valence-electron chi connectivity index (χ3n) is 6.27. The summed E-state index contributed by atoms with van der Waals surface area (Å²) in [6, 6.07) is 11.5. The van der Waals surface area contributed by atoms with Crippen LogP contribution in [0.5, 0.6) is 0 Å². The van der Waals surface area contributed by atoms with Crippen LogP contribution < -0.4 is 5.32 Å². The van der Waals surface area contributed by atoms with E-state index < -0.39 is 6.04 Å². The fourth-order valence-electron chi connectivity index (χ4n) is 4.32. The van der Waals surface area contributed by atoms with Gasteiger partial charge in [-0.2, -0.15) is 0 Å². The van der Waals surface area contributed by atoms with Crippen molar-refractivity contribution >= 4 is 6.03 Å². The lowest BCUT2D eigenvalue weighted by Crippen LogP contribution is -2.52. The third-order valence-corrected chi connectivity index (χ3v) is 6.27.